The van der Waals surface area contributed by atoms with Crippen molar-refractivity contribution in [1.29, 1.82) is 0 Å². The summed E-state index contributed by atoms with van der Waals surface area (Å²) >= 11 is 3.32. The predicted octanol–water partition coefficient (Wildman–Crippen LogP) is 3.57. The maximum absolute atomic E-state index is 4.54. The number of benzene rings is 1. The Morgan fingerprint density at radius 1 is 1.20 bits per heavy atom. The second-order valence-electron chi connectivity index (χ2n) is 3.17. The van der Waals surface area contributed by atoms with Gasteiger partial charge in [-0.3, -0.25) is 0 Å². The van der Waals surface area contributed by atoms with Crippen LogP contribution in [-0.4, -0.2) is 16.2 Å². The van der Waals surface area contributed by atoms with E-state index in [-0.39, 0.29) is 0 Å². The average molecular weight is 232 g/mol. The Bertz CT molecular complexity index is 631. The number of thiophene rings is 1. The maximum Gasteiger partial charge on any atom is 0.187 e. The van der Waals surface area contributed by atoms with Crippen molar-refractivity contribution >= 4 is 43.4 Å². The first-order chi connectivity index (χ1) is 7.38. The van der Waals surface area contributed by atoms with Gasteiger partial charge in [0, 0.05) is 16.3 Å². The third-order valence-corrected chi connectivity index (χ3v) is 3.93. The monoisotopic (exact) mass is 232 g/mol. The average Bonchev–Trinajstić information content (AvgIpc) is 2.66. The fourth-order valence-electron chi connectivity index (χ4n) is 1.59. The van der Waals surface area contributed by atoms with Gasteiger partial charge in [0.1, 0.15) is 0 Å². The third-order valence-electron chi connectivity index (χ3n) is 2.28. The van der Waals surface area contributed by atoms with E-state index < -0.39 is 0 Å². The normalized spacial score (nSPS) is 11.3. The molecule has 0 N–H and O–H groups in total. The van der Waals surface area contributed by atoms with E-state index in [2.05, 4.69) is 34.2 Å². The van der Waals surface area contributed by atoms with E-state index in [1.54, 1.807) is 23.1 Å². The van der Waals surface area contributed by atoms with Gasteiger partial charge in [0.15, 0.2) is 5.16 Å². The summed E-state index contributed by atoms with van der Waals surface area (Å²) in [6.45, 7) is 0. The zero-order chi connectivity index (χ0) is 10.3. The van der Waals surface area contributed by atoms with Crippen LogP contribution >= 0.6 is 23.1 Å². The molecular formula is C11H8N2S2. The lowest BCUT2D eigenvalue weighted by atomic mass is 10.2. The number of rotatable bonds is 1. The van der Waals surface area contributed by atoms with Crippen molar-refractivity contribution in [1.82, 2.24) is 9.97 Å². The second kappa shape index (κ2) is 3.47. The molecule has 2 aromatic heterocycles. The molecule has 1 aromatic carbocycles. The summed E-state index contributed by atoms with van der Waals surface area (Å²) in [4.78, 5) is 8.83. The molecule has 74 valence electrons. The van der Waals surface area contributed by atoms with E-state index in [1.807, 2.05) is 12.5 Å². The molecule has 0 atom stereocenters. The molecule has 2 heterocycles. The van der Waals surface area contributed by atoms with E-state index in [9.17, 15) is 0 Å². The van der Waals surface area contributed by atoms with Crippen LogP contribution in [-0.2, 0) is 0 Å². The quantitative estimate of drug-likeness (QED) is 0.474. The van der Waals surface area contributed by atoms with Crippen LogP contribution in [0.4, 0.5) is 0 Å². The van der Waals surface area contributed by atoms with Crippen molar-refractivity contribution in [3.63, 3.8) is 0 Å². The molecule has 0 amide bonds. The van der Waals surface area contributed by atoms with Gasteiger partial charge >= 0.3 is 0 Å². The first-order valence-electron chi connectivity index (χ1n) is 4.57. The Labute approximate surface area is 95.4 Å². The molecular weight excluding hydrogens is 224 g/mol. The van der Waals surface area contributed by atoms with Crippen LogP contribution in [0.2, 0.25) is 0 Å². The number of nitrogens with zero attached hydrogens (tertiary/aromatic N) is 2. The molecule has 4 heteroatoms. The van der Waals surface area contributed by atoms with Gasteiger partial charge in [-0.1, -0.05) is 30.0 Å². The molecule has 0 saturated carbocycles. The van der Waals surface area contributed by atoms with Gasteiger partial charge in [0.2, 0.25) is 0 Å². The summed E-state index contributed by atoms with van der Waals surface area (Å²) in [6, 6.07) is 8.35. The molecule has 3 rings (SSSR count). The van der Waals surface area contributed by atoms with Gasteiger partial charge in [0.05, 0.1) is 10.2 Å². The molecule has 0 bridgehead atoms. The Kier molecular flexibility index (Phi) is 2.11. The number of thioether (sulfide) groups is 1. The van der Waals surface area contributed by atoms with E-state index >= 15 is 0 Å². The third kappa shape index (κ3) is 1.41. The van der Waals surface area contributed by atoms with Crippen molar-refractivity contribution in [2.45, 2.75) is 5.16 Å². The predicted molar refractivity (Wildman–Crippen MR) is 66.7 cm³/mol. The van der Waals surface area contributed by atoms with Crippen molar-refractivity contribution in [2.24, 2.45) is 0 Å². The van der Waals surface area contributed by atoms with E-state index in [0.29, 0.717) is 0 Å². The van der Waals surface area contributed by atoms with Crippen molar-refractivity contribution in [3.8, 4) is 0 Å². The lowest BCUT2D eigenvalue weighted by Crippen LogP contribution is -1.83. The standard InChI is InChI=1S/C11H8N2S2/c1-14-11-12-6-9-10(13-11)7-4-2-3-5-8(7)15-9/h2-6H,1H3. The minimum Gasteiger partial charge on any atom is -0.230 e. The van der Waals surface area contributed by atoms with Crippen molar-refractivity contribution in [2.75, 3.05) is 6.26 Å². The van der Waals surface area contributed by atoms with Crippen LogP contribution < -0.4 is 0 Å². The zero-order valence-electron chi connectivity index (χ0n) is 8.10. The number of fused-ring (bicyclic) bond motifs is 3. The lowest BCUT2D eigenvalue weighted by Gasteiger charge is -1.93. The Morgan fingerprint density at radius 2 is 2.07 bits per heavy atom. The Morgan fingerprint density at radius 3 is 2.93 bits per heavy atom. The van der Waals surface area contributed by atoms with Gasteiger partial charge in [0.25, 0.3) is 0 Å². The highest BCUT2D eigenvalue weighted by molar-refractivity contribution is 7.98. The van der Waals surface area contributed by atoms with Crippen molar-refractivity contribution in [3.05, 3.63) is 30.5 Å². The highest BCUT2D eigenvalue weighted by Crippen LogP contribution is 2.32. The van der Waals surface area contributed by atoms with Gasteiger partial charge in [-0.2, -0.15) is 0 Å². The highest BCUT2D eigenvalue weighted by atomic mass is 32.2. The van der Waals surface area contributed by atoms with Crippen LogP contribution in [0.3, 0.4) is 0 Å². The molecule has 3 aromatic rings. The van der Waals surface area contributed by atoms with Crippen molar-refractivity contribution < 1.29 is 0 Å². The van der Waals surface area contributed by atoms with Gasteiger partial charge in [-0.25, -0.2) is 9.97 Å². The van der Waals surface area contributed by atoms with E-state index in [0.717, 1.165) is 15.4 Å². The fourth-order valence-corrected chi connectivity index (χ4v) is 2.95. The topological polar surface area (TPSA) is 25.8 Å². The van der Waals surface area contributed by atoms with E-state index in [1.165, 1.54) is 10.1 Å². The van der Waals surface area contributed by atoms with Crippen LogP contribution in [0, 0.1) is 0 Å². The van der Waals surface area contributed by atoms with Gasteiger partial charge in [-0.15, -0.1) is 11.3 Å². The first-order valence-corrected chi connectivity index (χ1v) is 6.61. The van der Waals surface area contributed by atoms with Crippen LogP contribution in [0.25, 0.3) is 20.3 Å². The summed E-state index contributed by atoms with van der Waals surface area (Å²) < 4.78 is 2.44. The summed E-state index contributed by atoms with van der Waals surface area (Å²) in [7, 11) is 0. The molecule has 0 fully saturated rings. The smallest absolute Gasteiger partial charge is 0.187 e. The Hall–Kier alpha value is -1.13. The molecule has 0 aliphatic rings. The molecule has 0 radical (unpaired) electrons. The van der Waals surface area contributed by atoms with E-state index in [4.69, 9.17) is 0 Å². The molecule has 0 spiro atoms. The van der Waals surface area contributed by atoms with Gasteiger partial charge < -0.3 is 0 Å². The van der Waals surface area contributed by atoms with Crippen LogP contribution in [0.15, 0.2) is 35.6 Å². The fraction of sp³-hybridized carbons (Fsp3) is 0.0909. The maximum atomic E-state index is 4.54. The summed E-state index contributed by atoms with van der Waals surface area (Å²) in [5.41, 5.74) is 1.08. The van der Waals surface area contributed by atoms with Crippen LogP contribution in [0.1, 0.15) is 0 Å². The molecule has 0 unspecified atom stereocenters. The summed E-state index contributed by atoms with van der Waals surface area (Å²) in [6.07, 6.45) is 3.91. The molecule has 0 aliphatic heterocycles. The SMILES string of the molecule is CSc1ncc2sc3ccccc3c2n1. The molecule has 2 nitrogen and oxygen atoms in total. The molecule has 0 aliphatic carbocycles. The highest BCUT2D eigenvalue weighted by Gasteiger charge is 2.06. The Balaban J connectivity index is 2.46. The van der Waals surface area contributed by atoms with Crippen LogP contribution in [0.5, 0.6) is 0 Å². The van der Waals surface area contributed by atoms with Gasteiger partial charge in [-0.05, 0) is 12.3 Å². The molecule has 0 saturated heterocycles. The molecule has 15 heavy (non-hydrogen) atoms. The largest absolute Gasteiger partial charge is 0.230 e. The summed E-state index contributed by atoms with van der Waals surface area (Å²) in [5.74, 6) is 0. The number of aromatic nitrogens is 2. The number of hydrogen-bond donors (Lipinski definition) is 0. The zero-order valence-corrected chi connectivity index (χ0v) is 9.73. The second-order valence-corrected chi connectivity index (χ2v) is 5.02. The number of hydrogen-bond acceptors (Lipinski definition) is 4. The lowest BCUT2D eigenvalue weighted by molar-refractivity contribution is 1.01. The first kappa shape index (κ1) is 9.12. The minimum atomic E-state index is 0.839. The summed E-state index contributed by atoms with van der Waals surface area (Å²) in [5, 5.41) is 2.07. The minimum absolute atomic E-state index is 0.839.